The third kappa shape index (κ3) is 3.98. The molecular weight excluding hydrogens is 208 g/mol. The molecule has 1 unspecified atom stereocenters. The number of aliphatic carboxylic acids is 1. The SMILES string of the molecule is CCn1cnnc1CNC(C)CCC(=O)O. The molecular formula is C10H18N4O2. The Bertz CT molecular complexity index is 337. The van der Waals surface area contributed by atoms with Gasteiger partial charge in [0.05, 0.1) is 6.54 Å². The van der Waals surface area contributed by atoms with Gasteiger partial charge in [-0.25, -0.2) is 0 Å². The van der Waals surface area contributed by atoms with E-state index in [1.807, 2.05) is 18.4 Å². The van der Waals surface area contributed by atoms with Crippen LogP contribution >= 0.6 is 0 Å². The number of carboxylic acids is 1. The van der Waals surface area contributed by atoms with Crippen LogP contribution in [0.25, 0.3) is 0 Å². The average molecular weight is 226 g/mol. The number of aromatic nitrogens is 3. The zero-order valence-electron chi connectivity index (χ0n) is 9.68. The van der Waals surface area contributed by atoms with E-state index in [4.69, 9.17) is 5.11 Å². The minimum absolute atomic E-state index is 0.165. The fourth-order valence-corrected chi connectivity index (χ4v) is 1.39. The van der Waals surface area contributed by atoms with Crippen LogP contribution in [0.1, 0.15) is 32.5 Å². The summed E-state index contributed by atoms with van der Waals surface area (Å²) < 4.78 is 1.96. The van der Waals surface area contributed by atoms with Crippen molar-refractivity contribution in [3.63, 3.8) is 0 Å². The van der Waals surface area contributed by atoms with E-state index in [0.29, 0.717) is 13.0 Å². The second kappa shape index (κ2) is 6.22. The minimum Gasteiger partial charge on any atom is -0.481 e. The highest BCUT2D eigenvalue weighted by atomic mass is 16.4. The van der Waals surface area contributed by atoms with Crippen LogP contribution in [0.3, 0.4) is 0 Å². The molecule has 1 aromatic heterocycles. The summed E-state index contributed by atoms with van der Waals surface area (Å²) in [7, 11) is 0. The van der Waals surface area contributed by atoms with Gasteiger partial charge in [0.2, 0.25) is 0 Å². The number of carboxylic acid groups (broad SMARTS) is 1. The maximum atomic E-state index is 10.4. The molecule has 0 aromatic carbocycles. The van der Waals surface area contributed by atoms with Gasteiger partial charge in [-0.1, -0.05) is 0 Å². The number of nitrogens with zero attached hydrogens (tertiary/aromatic N) is 3. The second-order valence-electron chi connectivity index (χ2n) is 3.75. The van der Waals surface area contributed by atoms with E-state index < -0.39 is 5.97 Å². The van der Waals surface area contributed by atoms with Crippen molar-refractivity contribution in [3.8, 4) is 0 Å². The highest BCUT2D eigenvalue weighted by molar-refractivity contribution is 5.66. The summed E-state index contributed by atoms with van der Waals surface area (Å²) in [5.41, 5.74) is 0. The molecule has 1 aromatic rings. The predicted molar refractivity (Wildman–Crippen MR) is 58.9 cm³/mol. The van der Waals surface area contributed by atoms with Gasteiger partial charge in [-0.15, -0.1) is 10.2 Å². The summed E-state index contributed by atoms with van der Waals surface area (Å²) in [6.45, 7) is 5.46. The highest BCUT2D eigenvalue weighted by Crippen LogP contribution is 1.99. The number of hydrogen-bond acceptors (Lipinski definition) is 4. The second-order valence-corrected chi connectivity index (χ2v) is 3.75. The number of nitrogens with one attached hydrogen (secondary N) is 1. The lowest BCUT2D eigenvalue weighted by atomic mass is 10.2. The van der Waals surface area contributed by atoms with Gasteiger partial charge in [-0.05, 0) is 20.3 Å². The van der Waals surface area contributed by atoms with Crippen molar-refractivity contribution in [1.29, 1.82) is 0 Å². The van der Waals surface area contributed by atoms with E-state index >= 15 is 0 Å². The first-order valence-electron chi connectivity index (χ1n) is 5.45. The molecule has 1 rings (SSSR count). The van der Waals surface area contributed by atoms with Crippen molar-refractivity contribution in [2.75, 3.05) is 0 Å². The summed E-state index contributed by atoms with van der Waals surface area (Å²) in [4.78, 5) is 10.4. The van der Waals surface area contributed by atoms with Gasteiger partial charge >= 0.3 is 5.97 Å². The average Bonchev–Trinajstić information content (AvgIpc) is 2.70. The first-order chi connectivity index (χ1) is 7.63. The fraction of sp³-hybridized carbons (Fsp3) is 0.700. The first-order valence-corrected chi connectivity index (χ1v) is 5.45. The first kappa shape index (κ1) is 12.6. The molecule has 0 fully saturated rings. The van der Waals surface area contributed by atoms with Gasteiger partial charge in [-0.3, -0.25) is 4.79 Å². The summed E-state index contributed by atoms with van der Waals surface area (Å²) in [6.07, 6.45) is 2.50. The quantitative estimate of drug-likeness (QED) is 0.713. The maximum Gasteiger partial charge on any atom is 0.303 e. The Kier molecular flexibility index (Phi) is 4.91. The van der Waals surface area contributed by atoms with E-state index in [1.165, 1.54) is 0 Å². The number of carbonyl (C=O) groups is 1. The monoisotopic (exact) mass is 226 g/mol. The van der Waals surface area contributed by atoms with Crippen LogP contribution in [0.2, 0.25) is 0 Å². The number of aryl methyl sites for hydroxylation is 1. The van der Waals surface area contributed by atoms with Gasteiger partial charge in [0, 0.05) is 19.0 Å². The topological polar surface area (TPSA) is 80.0 Å². The molecule has 2 N–H and O–H groups in total. The van der Waals surface area contributed by atoms with Crippen LogP contribution in [0.15, 0.2) is 6.33 Å². The summed E-state index contributed by atoms with van der Waals surface area (Å²) in [5.74, 6) is 0.120. The Labute approximate surface area is 94.7 Å². The number of hydrogen-bond donors (Lipinski definition) is 2. The molecule has 0 saturated heterocycles. The lowest BCUT2D eigenvalue weighted by Gasteiger charge is -2.12. The predicted octanol–water partition coefficient (Wildman–Crippen LogP) is 0.641. The molecule has 16 heavy (non-hydrogen) atoms. The highest BCUT2D eigenvalue weighted by Gasteiger charge is 2.07. The fourth-order valence-electron chi connectivity index (χ4n) is 1.39. The van der Waals surface area contributed by atoms with Crippen molar-refractivity contribution in [2.24, 2.45) is 0 Å². The zero-order valence-corrected chi connectivity index (χ0v) is 9.68. The molecule has 0 aliphatic carbocycles. The molecule has 0 aliphatic rings. The lowest BCUT2D eigenvalue weighted by Crippen LogP contribution is -2.27. The molecule has 1 atom stereocenters. The summed E-state index contributed by atoms with van der Waals surface area (Å²) in [6, 6.07) is 0.165. The maximum absolute atomic E-state index is 10.4. The molecule has 90 valence electrons. The minimum atomic E-state index is -0.759. The van der Waals surface area contributed by atoms with Crippen molar-refractivity contribution in [2.45, 2.75) is 45.8 Å². The Morgan fingerprint density at radius 2 is 2.44 bits per heavy atom. The molecule has 0 radical (unpaired) electrons. The van der Waals surface area contributed by atoms with E-state index in [0.717, 1.165) is 12.4 Å². The van der Waals surface area contributed by atoms with E-state index in [-0.39, 0.29) is 12.5 Å². The van der Waals surface area contributed by atoms with Crippen molar-refractivity contribution >= 4 is 5.97 Å². The van der Waals surface area contributed by atoms with E-state index in [1.54, 1.807) is 6.33 Å². The van der Waals surface area contributed by atoms with Crippen LogP contribution < -0.4 is 5.32 Å². The van der Waals surface area contributed by atoms with Crippen LogP contribution in [0, 0.1) is 0 Å². The van der Waals surface area contributed by atoms with Crippen LogP contribution in [0.4, 0.5) is 0 Å². The Morgan fingerprint density at radius 1 is 1.69 bits per heavy atom. The van der Waals surface area contributed by atoms with Gasteiger partial charge in [0.15, 0.2) is 0 Å². The van der Waals surface area contributed by atoms with Crippen molar-refractivity contribution < 1.29 is 9.90 Å². The number of rotatable bonds is 7. The molecule has 6 nitrogen and oxygen atoms in total. The summed E-state index contributed by atoms with van der Waals surface area (Å²) in [5, 5.41) is 19.6. The van der Waals surface area contributed by atoms with E-state index in [2.05, 4.69) is 15.5 Å². The van der Waals surface area contributed by atoms with Gasteiger partial charge in [-0.2, -0.15) is 0 Å². The molecule has 6 heteroatoms. The largest absolute Gasteiger partial charge is 0.481 e. The molecule has 0 spiro atoms. The van der Waals surface area contributed by atoms with Gasteiger partial charge < -0.3 is 15.0 Å². The molecule has 0 saturated carbocycles. The standard InChI is InChI=1S/C10H18N4O2/c1-3-14-7-12-13-9(14)6-11-8(2)4-5-10(15)16/h7-8,11H,3-6H2,1-2H3,(H,15,16). The molecule has 1 heterocycles. The lowest BCUT2D eigenvalue weighted by molar-refractivity contribution is -0.137. The van der Waals surface area contributed by atoms with E-state index in [9.17, 15) is 4.79 Å². The van der Waals surface area contributed by atoms with Crippen molar-refractivity contribution in [1.82, 2.24) is 20.1 Å². The smallest absolute Gasteiger partial charge is 0.303 e. The Morgan fingerprint density at radius 3 is 3.06 bits per heavy atom. The van der Waals surface area contributed by atoms with Crippen molar-refractivity contribution in [3.05, 3.63) is 12.2 Å². The zero-order chi connectivity index (χ0) is 12.0. The molecule has 0 amide bonds. The van der Waals surface area contributed by atoms with Gasteiger partial charge in [0.25, 0.3) is 0 Å². The molecule has 0 bridgehead atoms. The third-order valence-electron chi connectivity index (χ3n) is 2.44. The Balaban J connectivity index is 2.31. The van der Waals surface area contributed by atoms with Crippen LogP contribution in [-0.2, 0) is 17.9 Å². The normalized spacial score (nSPS) is 12.6. The third-order valence-corrected chi connectivity index (χ3v) is 2.44. The van der Waals surface area contributed by atoms with Gasteiger partial charge in [0.1, 0.15) is 12.2 Å². The molecule has 0 aliphatic heterocycles. The van der Waals surface area contributed by atoms with Crippen LogP contribution in [0.5, 0.6) is 0 Å². The Hall–Kier alpha value is -1.43. The van der Waals surface area contributed by atoms with Crippen LogP contribution in [-0.4, -0.2) is 31.9 Å². The summed E-state index contributed by atoms with van der Waals surface area (Å²) >= 11 is 0.